The van der Waals surface area contributed by atoms with Crippen molar-refractivity contribution in [3.05, 3.63) is 54.0 Å². The van der Waals surface area contributed by atoms with Crippen molar-refractivity contribution < 1.29 is 28.2 Å². The normalized spacial score (nSPS) is 14.3. The van der Waals surface area contributed by atoms with Crippen molar-refractivity contribution in [2.24, 2.45) is 0 Å². The average Bonchev–Trinajstić information content (AvgIpc) is 3.20. The van der Waals surface area contributed by atoms with Gasteiger partial charge in [0.15, 0.2) is 0 Å². The fraction of sp³-hybridized carbons (Fsp3) is 0.235. The van der Waals surface area contributed by atoms with Crippen LogP contribution in [0.15, 0.2) is 48.2 Å². The smallest absolute Gasteiger partial charge is 0.355 e. The number of ether oxygens (including phenoxy) is 3. The summed E-state index contributed by atoms with van der Waals surface area (Å²) in [5.41, 5.74) is 0.786. The van der Waals surface area contributed by atoms with Crippen molar-refractivity contribution in [2.75, 3.05) is 32.5 Å². The Morgan fingerprint density at radius 2 is 1.96 bits per heavy atom. The Balaban J connectivity index is 2.20. The van der Waals surface area contributed by atoms with Gasteiger partial charge in [0, 0.05) is 12.4 Å². The van der Waals surface area contributed by atoms with Crippen LogP contribution in [0.2, 0.25) is 0 Å². The van der Waals surface area contributed by atoms with Gasteiger partial charge in [0.2, 0.25) is 0 Å². The van der Waals surface area contributed by atoms with Gasteiger partial charge in [-0.05, 0) is 18.2 Å². The molecule has 1 aliphatic heterocycles. The minimum Gasteiger partial charge on any atom is -0.466 e. The molecule has 0 amide bonds. The lowest BCUT2D eigenvalue weighted by molar-refractivity contribution is -0.140. The van der Waals surface area contributed by atoms with E-state index < -0.39 is 17.8 Å². The lowest BCUT2D eigenvalue weighted by Gasteiger charge is -2.32. The summed E-state index contributed by atoms with van der Waals surface area (Å²) in [6, 6.07) is 4.06. The molecule has 1 aromatic heterocycles. The maximum atomic E-state index is 14.0. The van der Waals surface area contributed by atoms with E-state index in [1.54, 1.807) is 17.0 Å². The summed E-state index contributed by atoms with van der Waals surface area (Å²) in [5.74, 6) is -2.00. The molecule has 1 aromatic carbocycles. The van der Waals surface area contributed by atoms with Gasteiger partial charge in [-0.2, -0.15) is 0 Å². The molecule has 0 aliphatic carbocycles. The molecule has 0 fully saturated rings. The number of carbonyl (C=O) groups is 2. The number of methoxy groups -OCH3 is 2. The number of benzene rings is 1. The van der Waals surface area contributed by atoms with E-state index in [1.165, 1.54) is 43.6 Å². The first-order valence-corrected chi connectivity index (χ1v) is 7.59. The van der Waals surface area contributed by atoms with Gasteiger partial charge in [0.05, 0.1) is 44.1 Å². The molecule has 3 rings (SSSR count). The number of anilines is 1. The number of hydrogen-bond donors (Lipinski definition) is 0. The maximum Gasteiger partial charge on any atom is 0.355 e. The third-order valence-electron chi connectivity index (χ3n) is 3.84. The number of rotatable bonds is 4. The van der Waals surface area contributed by atoms with Crippen LogP contribution < -0.4 is 4.90 Å². The van der Waals surface area contributed by atoms with Crippen molar-refractivity contribution in [2.45, 2.75) is 0 Å². The largest absolute Gasteiger partial charge is 0.466 e. The zero-order valence-electron chi connectivity index (χ0n) is 14.1. The van der Waals surface area contributed by atoms with Crippen molar-refractivity contribution in [1.82, 2.24) is 9.55 Å². The molecule has 0 N–H and O–H groups in total. The Hall–Kier alpha value is -3.20. The second-order valence-corrected chi connectivity index (χ2v) is 5.32. The molecular weight excluding hydrogens is 345 g/mol. The molecule has 26 heavy (non-hydrogen) atoms. The fourth-order valence-electron chi connectivity index (χ4n) is 2.67. The van der Waals surface area contributed by atoms with E-state index in [0.717, 1.165) is 0 Å². The summed E-state index contributed by atoms with van der Waals surface area (Å²) in [5, 5.41) is 0. The number of nitrogens with zero attached hydrogens (tertiary/aromatic N) is 3. The van der Waals surface area contributed by atoms with E-state index in [2.05, 4.69) is 4.98 Å². The van der Waals surface area contributed by atoms with Crippen molar-refractivity contribution in [1.29, 1.82) is 0 Å². The van der Waals surface area contributed by atoms with E-state index in [1.807, 2.05) is 0 Å². The van der Waals surface area contributed by atoms with Crippen LogP contribution in [0.5, 0.6) is 0 Å². The number of halogens is 1. The maximum absolute atomic E-state index is 14.0. The van der Waals surface area contributed by atoms with E-state index in [-0.39, 0.29) is 24.6 Å². The molecular formula is C17H16FN3O5. The summed E-state index contributed by atoms with van der Waals surface area (Å²) in [4.78, 5) is 29.8. The highest BCUT2D eigenvalue weighted by molar-refractivity contribution is 6.03. The predicted molar refractivity (Wildman–Crippen MR) is 87.9 cm³/mol. The van der Waals surface area contributed by atoms with Gasteiger partial charge in [-0.3, -0.25) is 0 Å². The Morgan fingerprint density at radius 3 is 2.62 bits per heavy atom. The molecule has 0 radical (unpaired) electrons. The zero-order chi connectivity index (χ0) is 18.7. The first kappa shape index (κ1) is 17.6. The standard InChI is InChI=1S/C17H16FN3O5/c1-24-16(22)12-8-26-10-21(15(12)17(23)25-2)14-7-11(18)3-4-13(14)20-6-5-19-9-20/h3-7,9H,8,10H2,1-2H3. The number of esters is 2. The number of imidazole rings is 1. The second kappa shape index (κ2) is 7.36. The van der Waals surface area contributed by atoms with Crippen LogP contribution in [-0.2, 0) is 23.8 Å². The molecule has 2 heterocycles. The molecule has 8 nitrogen and oxygen atoms in total. The molecule has 2 aromatic rings. The van der Waals surface area contributed by atoms with Gasteiger partial charge in [-0.1, -0.05) is 0 Å². The Kier molecular flexibility index (Phi) is 4.99. The van der Waals surface area contributed by atoms with Crippen LogP contribution in [0.1, 0.15) is 0 Å². The highest BCUT2D eigenvalue weighted by atomic mass is 19.1. The van der Waals surface area contributed by atoms with Crippen LogP contribution in [0.4, 0.5) is 10.1 Å². The van der Waals surface area contributed by atoms with E-state index in [4.69, 9.17) is 14.2 Å². The molecule has 1 aliphatic rings. The molecule has 0 saturated heterocycles. The number of carbonyl (C=O) groups excluding carboxylic acids is 2. The number of hydrogen-bond acceptors (Lipinski definition) is 7. The minimum atomic E-state index is -0.755. The van der Waals surface area contributed by atoms with E-state index >= 15 is 0 Å². The summed E-state index contributed by atoms with van der Waals surface area (Å²) in [7, 11) is 2.39. The number of aromatic nitrogens is 2. The third-order valence-corrected chi connectivity index (χ3v) is 3.84. The van der Waals surface area contributed by atoms with Gasteiger partial charge < -0.3 is 23.7 Å². The predicted octanol–water partition coefficient (Wildman–Crippen LogP) is 1.41. The quantitative estimate of drug-likeness (QED) is 0.762. The molecule has 0 saturated carbocycles. The highest BCUT2D eigenvalue weighted by Gasteiger charge is 2.33. The fourth-order valence-corrected chi connectivity index (χ4v) is 2.67. The Morgan fingerprint density at radius 1 is 1.19 bits per heavy atom. The summed E-state index contributed by atoms with van der Waals surface area (Å²) in [6.45, 7) is -0.195. The van der Waals surface area contributed by atoms with Gasteiger partial charge in [0.1, 0.15) is 18.2 Å². The van der Waals surface area contributed by atoms with E-state index in [9.17, 15) is 14.0 Å². The average molecular weight is 361 g/mol. The van der Waals surface area contributed by atoms with Crippen LogP contribution in [0.3, 0.4) is 0 Å². The topological polar surface area (TPSA) is 82.9 Å². The third kappa shape index (κ3) is 3.16. The summed E-state index contributed by atoms with van der Waals surface area (Å²) < 4.78 is 30.6. The lowest BCUT2D eigenvalue weighted by atomic mass is 10.1. The van der Waals surface area contributed by atoms with Gasteiger partial charge in [0.25, 0.3) is 0 Å². The van der Waals surface area contributed by atoms with Crippen molar-refractivity contribution in [3.8, 4) is 5.69 Å². The van der Waals surface area contributed by atoms with E-state index in [0.29, 0.717) is 11.4 Å². The SMILES string of the molecule is COC(=O)C1=C(C(=O)OC)N(c2cc(F)ccc2-n2ccnc2)COC1. The monoisotopic (exact) mass is 361 g/mol. The van der Waals surface area contributed by atoms with Crippen molar-refractivity contribution >= 4 is 17.6 Å². The minimum absolute atomic E-state index is 0.00792. The zero-order valence-corrected chi connectivity index (χ0v) is 14.1. The van der Waals surface area contributed by atoms with Gasteiger partial charge in [-0.15, -0.1) is 0 Å². The molecule has 136 valence electrons. The Bertz CT molecular complexity index is 863. The highest BCUT2D eigenvalue weighted by Crippen LogP contribution is 2.32. The first-order valence-electron chi connectivity index (χ1n) is 7.59. The molecule has 9 heteroatoms. The van der Waals surface area contributed by atoms with Gasteiger partial charge >= 0.3 is 11.9 Å². The summed E-state index contributed by atoms with van der Waals surface area (Å²) in [6.07, 6.45) is 4.77. The molecule has 0 bridgehead atoms. The molecule has 0 unspecified atom stereocenters. The van der Waals surface area contributed by atoms with Crippen LogP contribution in [0, 0.1) is 5.82 Å². The van der Waals surface area contributed by atoms with Crippen LogP contribution >= 0.6 is 0 Å². The second-order valence-electron chi connectivity index (χ2n) is 5.32. The van der Waals surface area contributed by atoms with Crippen LogP contribution in [0.25, 0.3) is 5.69 Å². The Labute approximate surface area is 148 Å². The molecule has 0 atom stereocenters. The van der Waals surface area contributed by atoms with Crippen LogP contribution in [-0.4, -0.2) is 49.0 Å². The molecule has 0 spiro atoms. The van der Waals surface area contributed by atoms with Gasteiger partial charge in [-0.25, -0.2) is 19.0 Å². The lowest BCUT2D eigenvalue weighted by Crippen LogP contribution is -2.39. The van der Waals surface area contributed by atoms with Crippen molar-refractivity contribution in [3.63, 3.8) is 0 Å². The first-order chi connectivity index (χ1) is 12.6. The summed E-state index contributed by atoms with van der Waals surface area (Å²) >= 11 is 0.